The fraction of sp³-hybridized carbons (Fsp3) is 0.667. The third kappa shape index (κ3) is 4.63. The Bertz CT molecular complexity index is 562. The number of alkyl halides is 3. The molecule has 0 spiro atoms. The number of rotatable bonds is 3. The summed E-state index contributed by atoms with van der Waals surface area (Å²) in [4.78, 5) is 19.6. The van der Waals surface area contributed by atoms with Crippen LogP contribution in [0.2, 0.25) is 0 Å². The third-order valence-corrected chi connectivity index (χ3v) is 3.77. The van der Waals surface area contributed by atoms with Crippen LogP contribution >= 0.6 is 0 Å². The molecule has 0 radical (unpaired) electrons. The van der Waals surface area contributed by atoms with E-state index in [1.165, 1.54) is 0 Å². The Labute approximate surface area is 132 Å². The van der Waals surface area contributed by atoms with Gasteiger partial charge in [0.15, 0.2) is 6.29 Å². The first-order valence-electron chi connectivity index (χ1n) is 7.43. The molecule has 1 aromatic rings. The Hall–Kier alpha value is -1.70. The number of piperidine rings is 1. The van der Waals surface area contributed by atoms with Crippen molar-refractivity contribution in [3.63, 3.8) is 0 Å². The highest BCUT2D eigenvalue weighted by Crippen LogP contribution is 2.29. The molecule has 0 aromatic carbocycles. The van der Waals surface area contributed by atoms with Crippen molar-refractivity contribution in [1.29, 1.82) is 0 Å². The van der Waals surface area contributed by atoms with Gasteiger partial charge in [-0.2, -0.15) is 18.2 Å². The fourth-order valence-corrected chi connectivity index (χ4v) is 2.51. The molecule has 1 saturated heterocycles. The zero-order valence-electron chi connectivity index (χ0n) is 13.4. The van der Waals surface area contributed by atoms with Crippen LogP contribution in [0.3, 0.4) is 0 Å². The van der Waals surface area contributed by atoms with Gasteiger partial charge in [-0.15, -0.1) is 0 Å². The van der Waals surface area contributed by atoms with Crippen molar-refractivity contribution in [2.45, 2.75) is 51.4 Å². The largest absolute Gasteiger partial charge is 0.474 e. The van der Waals surface area contributed by atoms with Gasteiger partial charge < -0.3 is 4.74 Å². The number of carbonyl (C=O) groups excluding carboxylic acids is 1. The lowest BCUT2D eigenvalue weighted by molar-refractivity contribution is -0.145. The summed E-state index contributed by atoms with van der Waals surface area (Å²) in [5, 5.41) is 0. The second-order valence-electron chi connectivity index (χ2n) is 6.55. The van der Waals surface area contributed by atoms with Crippen LogP contribution in [0.5, 0.6) is 5.88 Å². The van der Waals surface area contributed by atoms with Crippen LogP contribution in [0.15, 0.2) is 6.07 Å². The summed E-state index contributed by atoms with van der Waals surface area (Å²) in [5.41, 5.74) is -0.289. The molecule has 0 atom stereocenters. The van der Waals surface area contributed by atoms with Gasteiger partial charge in [-0.1, -0.05) is 0 Å². The Morgan fingerprint density at radius 1 is 1.22 bits per heavy atom. The Morgan fingerprint density at radius 2 is 1.83 bits per heavy atom. The van der Waals surface area contributed by atoms with Gasteiger partial charge in [-0.25, -0.2) is 4.98 Å². The average Bonchev–Trinajstić information content (AvgIpc) is 2.45. The van der Waals surface area contributed by atoms with E-state index < -0.39 is 12.0 Å². The highest BCUT2D eigenvalue weighted by Gasteiger charge is 2.36. The number of ether oxygens (including phenoxy) is 1. The van der Waals surface area contributed by atoms with E-state index in [9.17, 15) is 18.0 Å². The molecule has 0 aliphatic carbocycles. The van der Waals surface area contributed by atoms with Gasteiger partial charge in [0.05, 0.1) is 0 Å². The molecule has 128 valence electrons. The molecule has 0 N–H and O–H groups in total. The molecule has 2 heterocycles. The lowest BCUT2D eigenvalue weighted by Crippen LogP contribution is -2.48. The van der Waals surface area contributed by atoms with Crippen molar-refractivity contribution >= 4 is 6.29 Å². The highest BCUT2D eigenvalue weighted by atomic mass is 19.4. The second-order valence-corrected chi connectivity index (χ2v) is 6.55. The van der Waals surface area contributed by atoms with Crippen molar-refractivity contribution in [3.05, 3.63) is 17.6 Å². The van der Waals surface area contributed by atoms with Gasteiger partial charge >= 0.3 is 6.18 Å². The summed E-state index contributed by atoms with van der Waals surface area (Å²) in [5.74, 6) is -1.56. The van der Waals surface area contributed by atoms with Crippen LogP contribution in [-0.4, -0.2) is 45.9 Å². The molecule has 1 aliphatic rings. The maximum absolute atomic E-state index is 12.7. The number of halogens is 3. The number of hydrogen-bond acceptors (Lipinski definition) is 5. The van der Waals surface area contributed by atoms with E-state index in [1.807, 2.05) is 0 Å². The minimum Gasteiger partial charge on any atom is -0.474 e. The molecule has 1 fully saturated rings. The maximum Gasteiger partial charge on any atom is 0.451 e. The second kappa shape index (κ2) is 6.43. The summed E-state index contributed by atoms with van der Waals surface area (Å²) in [7, 11) is 0. The van der Waals surface area contributed by atoms with Gasteiger partial charge in [0.2, 0.25) is 11.7 Å². The Morgan fingerprint density at radius 3 is 2.30 bits per heavy atom. The summed E-state index contributed by atoms with van der Waals surface area (Å²) in [6, 6.07) is 1.14. The predicted molar refractivity (Wildman–Crippen MR) is 77.4 cm³/mol. The molecule has 8 heteroatoms. The Kier molecular flexibility index (Phi) is 4.93. The van der Waals surface area contributed by atoms with Crippen LogP contribution in [-0.2, 0) is 6.18 Å². The Balaban J connectivity index is 2.08. The third-order valence-electron chi connectivity index (χ3n) is 3.77. The number of hydrogen-bond donors (Lipinski definition) is 0. The monoisotopic (exact) mass is 331 g/mol. The topological polar surface area (TPSA) is 55.3 Å². The van der Waals surface area contributed by atoms with Crippen molar-refractivity contribution in [3.8, 4) is 5.88 Å². The molecular formula is C15H20F3N3O2. The van der Waals surface area contributed by atoms with E-state index in [0.29, 0.717) is 12.8 Å². The molecular weight excluding hydrogens is 311 g/mol. The molecule has 0 bridgehead atoms. The van der Waals surface area contributed by atoms with Crippen molar-refractivity contribution in [1.82, 2.24) is 14.9 Å². The number of aromatic nitrogens is 2. The lowest BCUT2D eigenvalue weighted by Gasteiger charge is -2.40. The van der Waals surface area contributed by atoms with Crippen LogP contribution in [0.25, 0.3) is 0 Å². The summed E-state index contributed by atoms with van der Waals surface area (Å²) >= 11 is 0. The maximum atomic E-state index is 12.7. The molecule has 1 aliphatic heterocycles. The van der Waals surface area contributed by atoms with Gasteiger partial charge in [0.25, 0.3) is 0 Å². The SMILES string of the molecule is CC(C)(C)N1CCC(Oc2cc(C=O)nc(C(F)(F)F)n2)CC1. The van der Waals surface area contributed by atoms with Gasteiger partial charge in [-0.05, 0) is 33.6 Å². The van der Waals surface area contributed by atoms with Crippen LogP contribution in [0.1, 0.15) is 49.9 Å². The van der Waals surface area contributed by atoms with Gasteiger partial charge in [0, 0.05) is 24.7 Å². The molecule has 0 saturated carbocycles. The van der Waals surface area contributed by atoms with Crippen LogP contribution in [0, 0.1) is 0 Å². The number of carbonyl (C=O) groups is 1. The number of nitrogens with zero attached hydrogens (tertiary/aromatic N) is 3. The normalized spacial score (nSPS) is 18.0. The van der Waals surface area contributed by atoms with Crippen molar-refractivity contribution in [2.75, 3.05) is 13.1 Å². The minimum atomic E-state index is -4.72. The molecule has 0 unspecified atom stereocenters. The molecule has 1 aromatic heterocycles. The first-order valence-corrected chi connectivity index (χ1v) is 7.43. The smallest absolute Gasteiger partial charge is 0.451 e. The van der Waals surface area contributed by atoms with E-state index in [2.05, 4.69) is 35.6 Å². The first-order chi connectivity index (χ1) is 10.6. The molecule has 2 rings (SSSR count). The van der Waals surface area contributed by atoms with Crippen LogP contribution in [0.4, 0.5) is 13.2 Å². The van der Waals surface area contributed by atoms with Gasteiger partial charge in [-0.3, -0.25) is 9.69 Å². The molecule has 23 heavy (non-hydrogen) atoms. The molecule has 0 amide bonds. The van der Waals surface area contributed by atoms with Crippen molar-refractivity contribution < 1.29 is 22.7 Å². The number of aldehydes is 1. The average molecular weight is 331 g/mol. The van der Waals surface area contributed by atoms with E-state index in [0.717, 1.165) is 19.2 Å². The van der Waals surface area contributed by atoms with E-state index >= 15 is 0 Å². The standard InChI is InChI=1S/C15H20F3N3O2/c1-14(2,3)21-6-4-11(5-7-21)23-12-8-10(9-22)19-13(20-12)15(16,17)18/h8-9,11H,4-7H2,1-3H3. The highest BCUT2D eigenvalue weighted by molar-refractivity contribution is 5.72. The van der Waals surface area contributed by atoms with E-state index in [1.54, 1.807) is 0 Å². The minimum absolute atomic E-state index is 0.0496. The van der Waals surface area contributed by atoms with Crippen LogP contribution < -0.4 is 4.74 Å². The summed E-state index contributed by atoms with van der Waals surface area (Å²) < 4.78 is 43.8. The fourth-order valence-electron chi connectivity index (χ4n) is 2.51. The predicted octanol–water partition coefficient (Wildman–Crippen LogP) is 2.95. The first kappa shape index (κ1) is 17.7. The zero-order valence-corrected chi connectivity index (χ0v) is 13.4. The van der Waals surface area contributed by atoms with E-state index in [4.69, 9.17) is 4.74 Å². The van der Waals surface area contributed by atoms with Gasteiger partial charge in [0.1, 0.15) is 11.8 Å². The quantitative estimate of drug-likeness (QED) is 0.797. The van der Waals surface area contributed by atoms with Crippen molar-refractivity contribution in [2.24, 2.45) is 0 Å². The zero-order chi connectivity index (χ0) is 17.3. The summed E-state index contributed by atoms with van der Waals surface area (Å²) in [6.07, 6.45) is -3.29. The lowest BCUT2D eigenvalue weighted by atomic mass is 9.99. The molecule has 5 nitrogen and oxygen atoms in total. The summed E-state index contributed by atoms with van der Waals surface area (Å²) in [6.45, 7) is 7.94. The number of likely N-dealkylation sites (tertiary alicyclic amines) is 1. The van der Waals surface area contributed by atoms with E-state index in [-0.39, 0.29) is 29.5 Å².